The van der Waals surface area contributed by atoms with Crippen molar-refractivity contribution in [3.05, 3.63) is 12.7 Å². The summed E-state index contributed by atoms with van der Waals surface area (Å²) in [5, 5.41) is 10.0. The first-order chi connectivity index (χ1) is 8.35. The summed E-state index contributed by atoms with van der Waals surface area (Å²) in [5.74, 6) is 0. The van der Waals surface area contributed by atoms with E-state index >= 15 is 0 Å². The molecule has 1 fully saturated rings. The van der Waals surface area contributed by atoms with Crippen molar-refractivity contribution in [2.24, 2.45) is 0 Å². The molecular weight excluding hydrogens is 230 g/mol. The molecule has 1 saturated carbocycles. The van der Waals surface area contributed by atoms with Crippen LogP contribution in [0, 0.1) is 0 Å². The lowest BCUT2D eigenvalue weighted by Gasteiger charge is -2.37. The quantitative estimate of drug-likeness (QED) is 0.789. The second-order valence-corrected chi connectivity index (χ2v) is 5.84. The molecule has 0 unspecified atom stereocenters. The minimum Gasteiger partial charge on any atom is -0.444 e. The Kier molecular flexibility index (Phi) is 5.20. The molecule has 104 valence electrons. The fourth-order valence-corrected chi connectivity index (χ4v) is 2.26. The van der Waals surface area contributed by atoms with E-state index in [9.17, 15) is 9.90 Å². The Labute approximate surface area is 110 Å². The van der Waals surface area contributed by atoms with E-state index < -0.39 is 11.7 Å². The fourth-order valence-electron chi connectivity index (χ4n) is 2.26. The first-order valence-electron chi connectivity index (χ1n) is 6.63. The Bertz CT molecular complexity index is 296. The van der Waals surface area contributed by atoms with Crippen molar-refractivity contribution in [3.63, 3.8) is 0 Å². The number of nitrogens with zero attached hydrogens (tertiary/aromatic N) is 1. The summed E-state index contributed by atoms with van der Waals surface area (Å²) in [4.78, 5) is 13.7. The third-order valence-electron chi connectivity index (χ3n) is 3.05. The van der Waals surface area contributed by atoms with Crippen molar-refractivity contribution >= 4 is 6.09 Å². The molecule has 18 heavy (non-hydrogen) atoms. The average molecular weight is 255 g/mol. The normalized spacial score (nSPS) is 24.4. The topological polar surface area (TPSA) is 49.8 Å². The smallest absolute Gasteiger partial charge is 0.410 e. The number of amides is 1. The summed E-state index contributed by atoms with van der Waals surface area (Å²) >= 11 is 0. The number of hydrogen-bond donors (Lipinski definition) is 1. The molecule has 0 bridgehead atoms. The Morgan fingerprint density at radius 2 is 2.06 bits per heavy atom. The van der Waals surface area contributed by atoms with Crippen molar-refractivity contribution in [3.8, 4) is 0 Å². The molecule has 2 atom stereocenters. The van der Waals surface area contributed by atoms with Crippen molar-refractivity contribution in [1.29, 1.82) is 0 Å². The first kappa shape index (κ1) is 15.0. The van der Waals surface area contributed by atoms with Crippen LogP contribution in [0.15, 0.2) is 12.7 Å². The van der Waals surface area contributed by atoms with E-state index in [4.69, 9.17) is 4.74 Å². The van der Waals surface area contributed by atoms with Crippen LogP contribution in [0.25, 0.3) is 0 Å². The van der Waals surface area contributed by atoms with Crippen LogP contribution in [0.2, 0.25) is 0 Å². The number of rotatable bonds is 3. The van der Waals surface area contributed by atoms with Crippen LogP contribution in [0.3, 0.4) is 0 Å². The molecule has 1 N–H and O–H groups in total. The molecule has 1 aliphatic rings. The van der Waals surface area contributed by atoms with Gasteiger partial charge in [0.25, 0.3) is 0 Å². The molecule has 0 radical (unpaired) electrons. The van der Waals surface area contributed by atoms with Crippen molar-refractivity contribution in [1.82, 2.24) is 4.90 Å². The molecular formula is C14H25NO3. The number of hydrogen-bond acceptors (Lipinski definition) is 3. The van der Waals surface area contributed by atoms with E-state index in [1.165, 1.54) is 0 Å². The lowest BCUT2D eigenvalue weighted by Crippen LogP contribution is -2.50. The van der Waals surface area contributed by atoms with Crippen LogP contribution < -0.4 is 0 Å². The third-order valence-corrected chi connectivity index (χ3v) is 3.05. The highest BCUT2D eigenvalue weighted by atomic mass is 16.6. The highest BCUT2D eigenvalue weighted by Gasteiger charge is 2.33. The molecule has 0 aromatic heterocycles. The van der Waals surface area contributed by atoms with Gasteiger partial charge in [-0.15, -0.1) is 6.58 Å². The monoisotopic (exact) mass is 255 g/mol. The van der Waals surface area contributed by atoms with Gasteiger partial charge in [0.15, 0.2) is 0 Å². The minimum absolute atomic E-state index is 0.147. The summed E-state index contributed by atoms with van der Waals surface area (Å²) < 4.78 is 5.38. The van der Waals surface area contributed by atoms with Crippen LogP contribution in [0.4, 0.5) is 4.79 Å². The molecule has 0 aromatic carbocycles. The zero-order chi connectivity index (χ0) is 13.8. The predicted molar refractivity (Wildman–Crippen MR) is 71.4 cm³/mol. The van der Waals surface area contributed by atoms with Crippen molar-refractivity contribution in [2.75, 3.05) is 6.54 Å². The van der Waals surface area contributed by atoms with Gasteiger partial charge in [-0.3, -0.25) is 4.90 Å². The van der Waals surface area contributed by atoms with Gasteiger partial charge in [0.1, 0.15) is 5.60 Å². The maximum atomic E-state index is 12.1. The minimum atomic E-state index is -0.518. The molecule has 0 aliphatic heterocycles. The van der Waals surface area contributed by atoms with Crippen molar-refractivity contribution in [2.45, 2.75) is 64.2 Å². The van der Waals surface area contributed by atoms with Crippen LogP contribution in [-0.4, -0.2) is 40.4 Å². The fraction of sp³-hybridized carbons (Fsp3) is 0.786. The van der Waals surface area contributed by atoms with E-state index in [2.05, 4.69) is 6.58 Å². The van der Waals surface area contributed by atoms with E-state index in [1.54, 1.807) is 11.0 Å². The number of carbonyl (C=O) groups is 1. The maximum absolute atomic E-state index is 12.1. The van der Waals surface area contributed by atoms with Gasteiger partial charge in [-0.2, -0.15) is 0 Å². The molecule has 1 rings (SSSR count). The molecule has 1 amide bonds. The van der Waals surface area contributed by atoms with Gasteiger partial charge in [-0.05, 0) is 33.6 Å². The van der Waals surface area contributed by atoms with Crippen LogP contribution in [-0.2, 0) is 4.74 Å². The molecule has 0 saturated heterocycles. The van der Waals surface area contributed by atoms with Gasteiger partial charge in [-0.1, -0.05) is 18.9 Å². The van der Waals surface area contributed by atoms with Gasteiger partial charge < -0.3 is 9.84 Å². The van der Waals surface area contributed by atoms with E-state index in [0.717, 1.165) is 25.7 Å². The third kappa shape index (κ3) is 4.33. The van der Waals surface area contributed by atoms with E-state index in [1.807, 2.05) is 20.8 Å². The van der Waals surface area contributed by atoms with E-state index in [0.29, 0.717) is 6.54 Å². The largest absolute Gasteiger partial charge is 0.444 e. The predicted octanol–water partition coefficient (Wildman–Crippen LogP) is 2.71. The highest BCUT2D eigenvalue weighted by Crippen LogP contribution is 2.24. The van der Waals surface area contributed by atoms with Crippen LogP contribution in [0.5, 0.6) is 0 Å². The standard InChI is InChI=1S/C14H25NO3/c1-5-10-15(13(17)18-14(2,3)4)11-8-6-7-9-12(11)16/h5,11-12,16H,1,6-10H2,2-4H3/t11-,12-/m0/s1. The second-order valence-electron chi connectivity index (χ2n) is 5.84. The zero-order valence-corrected chi connectivity index (χ0v) is 11.7. The Morgan fingerprint density at radius 1 is 1.44 bits per heavy atom. The van der Waals surface area contributed by atoms with Gasteiger partial charge in [0.05, 0.1) is 12.1 Å². The Balaban J connectivity index is 2.74. The van der Waals surface area contributed by atoms with Crippen LogP contribution >= 0.6 is 0 Å². The van der Waals surface area contributed by atoms with E-state index in [-0.39, 0.29) is 12.1 Å². The Hall–Kier alpha value is -1.03. The van der Waals surface area contributed by atoms with Crippen LogP contribution in [0.1, 0.15) is 46.5 Å². The zero-order valence-electron chi connectivity index (χ0n) is 11.7. The highest BCUT2D eigenvalue weighted by molar-refractivity contribution is 5.69. The average Bonchev–Trinajstić information content (AvgIpc) is 2.24. The maximum Gasteiger partial charge on any atom is 0.410 e. The first-order valence-corrected chi connectivity index (χ1v) is 6.63. The lowest BCUT2D eigenvalue weighted by atomic mass is 9.91. The number of ether oxygens (including phenoxy) is 1. The number of aliphatic hydroxyl groups is 1. The molecule has 0 heterocycles. The van der Waals surface area contributed by atoms with Gasteiger partial charge in [0, 0.05) is 6.54 Å². The molecule has 4 heteroatoms. The molecule has 4 nitrogen and oxygen atoms in total. The van der Waals surface area contributed by atoms with Crippen molar-refractivity contribution < 1.29 is 14.6 Å². The van der Waals surface area contributed by atoms with Gasteiger partial charge >= 0.3 is 6.09 Å². The summed E-state index contributed by atoms with van der Waals surface area (Å²) in [5.41, 5.74) is -0.518. The lowest BCUT2D eigenvalue weighted by molar-refractivity contribution is -0.0131. The number of aliphatic hydroxyl groups excluding tert-OH is 1. The summed E-state index contributed by atoms with van der Waals surface area (Å²) in [7, 11) is 0. The van der Waals surface area contributed by atoms with Gasteiger partial charge in [-0.25, -0.2) is 4.79 Å². The molecule has 0 aromatic rings. The molecule has 0 spiro atoms. The second kappa shape index (κ2) is 6.23. The molecule has 1 aliphatic carbocycles. The summed E-state index contributed by atoms with van der Waals surface area (Å²) in [6, 6.07) is -0.147. The Morgan fingerprint density at radius 3 is 2.56 bits per heavy atom. The SMILES string of the molecule is C=CCN(C(=O)OC(C)(C)C)[C@H]1CCCC[C@@H]1O. The summed E-state index contributed by atoms with van der Waals surface area (Å²) in [6.45, 7) is 9.61. The van der Waals surface area contributed by atoms with Gasteiger partial charge in [0.2, 0.25) is 0 Å². The number of carbonyl (C=O) groups excluding carboxylic acids is 1. The summed E-state index contributed by atoms with van der Waals surface area (Å²) in [6.07, 6.45) is 4.49.